The SMILES string of the molecule is Cc1oc(C=C2CCCC2)nc1CCCS(=O)(=O)O. The Morgan fingerprint density at radius 1 is 1.37 bits per heavy atom. The van der Waals surface area contributed by atoms with Crippen molar-refractivity contribution in [1.29, 1.82) is 0 Å². The maximum Gasteiger partial charge on any atom is 0.264 e. The quantitative estimate of drug-likeness (QED) is 0.841. The van der Waals surface area contributed by atoms with Crippen LogP contribution >= 0.6 is 0 Å². The molecule has 0 saturated heterocycles. The molecule has 1 fully saturated rings. The number of allylic oxidation sites excluding steroid dienone is 1. The smallest absolute Gasteiger partial charge is 0.264 e. The second-order valence-corrected chi connectivity index (χ2v) is 6.53. The summed E-state index contributed by atoms with van der Waals surface area (Å²) in [6.45, 7) is 1.83. The molecule has 1 aliphatic carbocycles. The average molecular weight is 285 g/mol. The molecule has 1 aliphatic rings. The Morgan fingerprint density at radius 2 is 2.05 bits per heavy atom. The summed E-state index contributed by atoms with van der Waals surface area (Å²) in [5.74, 6) is 1.09. The summed E-state index contributed by atoms with van der Waals surface area (Å²) in [6.07, 6.45) is 7.52. The first-order valence-electron chi connectivity index (χ1n) is 6.55. The van der Waals surface area contributed by atoms with Crippen molar-refractivity contribution in [1.82, 2.24) is 4.98 Å². The highest BCUT2D eigenvalue weighted by Crippen LogP contribution is 2.26. The third kappa shape index (κ3) is 4.47. The Morgan fingerprint density at radius 3 is 2.68 bits per heavy atom. The Bertz CT molecular complexity index is 563. The molecule has 0 unspecified atom stereocenters. The van der Waals surface area contributed by atoms with Gasteiger partial charge in [0.15, 0.2) is 0 Å². The number of aromatic nitrogens is 1. The molecule has 0 spiro atoms. The second kappa shape index (κ2) is 5.88. The molecule has 1 heterocycles. The van der Waals surface area contributed by atoms with Crippen molar-refractivity contribution in [3.8, 4) is 0 Å². The van der Waals surface area contributed by atoms with Gasteiger partial charge in [-0.25, -0.2) is 4.98 Å². The van der Waals surface area contributed by atoms with Crippen LogP contribution in [0.4, 0.5) is 0 Å². The first-order chi connectivity index (χ1) is 8.94. The van der Waals surface area contributed by atoms with Crippen molar-refractivity contribution >= 4 is 16.2 Å². The molecule has 0 aromatic carbocycles. The summed E-state index contributed by atoms with van der Waals surface area (Å²) in [5, 5.41) is 0. The summed E-state index contributed by atoms with van der Waals surface area (Å²) < 4.78 is 35.5. The fourth-order valence-electron chi connectivity index (χ4n) is 2.31. The molecule has 1 saturated carbocycles. The lowest BCUT2D eigenvalue weighted by Crippen LogP contribution is -2.05. The zero-order valence-electron chi connectivity index (χ0n) is 11.1. The number of rotatable bonds is 5. The third-order valence-corrected chi connectivity index (χ3v) is 4.10. The van der Waals surface area contributed by atoms with Crippen LogP contribution in [0.2, 0.25) is 0 Å². The molecular weight excluding hydrogens is 266 g/mol. The van der Waals surface area contributed by atoms with E-state index in [1.165, 1.54) is 18.4 Å². The van der Waals surface area contributed by atoms with Gasteiger partial charge in [-0.3, -0.25) is 4.55 Å². The average Bonchev–Trinajstić information content (AvgIpc) is 2.88. The molecule has 0 aliphatic heterocycles. The van der Waals surface area contributed by atoms with E-state index in [2.05, 4.69) is 4.98 Å². The van der Waals surface area contributed by atoms with E-state index in [9.17, 15) is 8.42 Å². The van der Waals surface area contributed by atoms with Crippen molar-refractivity contribution < 1.29 is 17.4 Å². The summed E-state index contributed by atoms with van der Waals surface area (Å²) in [5.41, 5.74) is 2.14. The fraction of sp³-hybridized carbons (Fsp3) is 0.615. The van der Waals surface area contributed by atoms with Crippen LogP contribution in [0.25, 0.3) is 6.08 Å². The van der Waals surface area contributed by atoms with Gasteiger partial charge in [0, 0.05) is 0 Å². The predicted molar refractivity (Wildman–Crippen MR) is 72.4 cm³/mol. The monoisotopic (exact) mass is 285 g/mol. The van der Waals surface area contributed by atoms with Gasteiger partial charge < -0.3 is 4.42 Å². The van der Waals surface area contributed by atoms with Crippen LogP contribution in [0, 0.1) is 6.92 Å². The topological polar surface area (TPSA) is 80.4 Å². The van der Waals surface area contributed by atoms with Crippen molar-refractivity contribution in [2.45, 2.75) is 45.4 Å². The molecule has 1 aromatic rings. The molecule has 1 N–H and O–H groups in total. The Balaban J connectivity index is 1.98. The van der Waals surface area contributed by atoms with E-state index in [0.29, 0.717) is 18.7 Å². The Kier molecular flexibility index (Phi) is 4.42. The molecule has 0 radical (unpaired) electrons. The predicted octanol–water partition coefficient (Wildman–Crippen LogP) is 2.76. The van der Waals surface area contributed by atoms with Gasteiger partial charge in [0.2, 0.25) is 5.89 Å². The van der Waals surface area contributed by atoms with Crippen LogP contribution in [0.5, 0.6) is 0 Å². The van der Waals surface area contributed by atoms with E-state index in [4.69, 9.17) is 8.97 Å². The van der Waals surface area contributed by atoms with Gasteiger partial charge in [-0.2, -0.15) is 8.42 Å². The molecule has 1 aromatic heterocycles. The van der Waals surface area contributed by atoms with Crippen LogP contribution < -0.4 is 0 Å². The highest BCUT2D eigenvalue weighted by atomic mass is 32.2. The van der Waals surface area contributed by atoms with E-state index in [1.807, 2.05) is 13.0 Å². The molecule has 5 nitrogen and oxygen atoms in total. The van der Waals surface area contributed by atoms with E-state index >= 15 is 0 Å². The highest BCUT2D eigenvalue weighted by Gasteiger charge is 2.12. The summed E-state index contributed by atoms with van der Waals surface area (Å²) in [4.78, 5) is 4.37. The second-order valence-electron chi connectivity index (χ2n) is 4.95. The largest absolute Gasteiger partial charge is 0.442 e. The Hall–Kier alpha value is -1.14. The van der Waals surface area contributed by atoms with E-state index in [1.54, 1.807) is 0 Å². The number of aryl methyl sites for hydroxylation is 2. The summed E-state index contributed by atoms with van der Waals surface area (Å²) in [7, 11) is -3.89. The lowest BCUT2D eigenvalue weighted by molar-refractivity contribution is 0.480. The minimum absolute atomic E-state index is 0.240. The first kappa shape index (κ1) is 14.3. The van der Waals surface area contributed by atoms with E-state index in [0.717, 1.165) is 24.3 Å². The highest BCUT2D eigenvalue weighted by molar-refractivity contribution is 7.85. The zero-order chi connectivity index (χ0) is 13.9. The normalized spacial score (nSPS) is 16.0. The van der Waals surface area contributed by atoms with Crippen LogP contribution in [-0.2, 0) is 16.5 Å². The lowest BCUT2D eigenvalue weighted by Gasteiger charge is -1.95. The molecule has 2 rings (SSSR count). The molecule has 6 heteroatoms. The molecular formula is C13H19NO4S. The van der Waals surface area contributed by atoms with Gasteiger partial charge in [-0.15, -0.1) is 0 Å². The van der Waals surface area contributed by atoms with Crippen molar-refractivity contribution in [3.05, 3.63) is 22.9 Å². The molecule has 19 heavy (non-hydrogen) atoms. The van der Waals surface area contributed by atoms with Gasteiger partial charge in [0.25, 0.3) is 10.1 Å². The van der Waals surface area contributed by atoms with Gasteiger partial charge in [-0.1, -0.05) is 5.57 Å². The van der Waals surface area contributed by atoms with Crippen LogP contribution in [-0.4, -0.2) is 23.7 Å². The maximum atomic E-state index is 10.6. The zero-order valence-corrected chi connectivity index (χ0v) is 11.9. The number of oxazole rings is 1. The van der Waals surface area contributed by atoms with Crippen molar-refractivity contribution in [2.24, 2.45) is 0 Å². The molecule has 0 bridgehead atoms. The Labute approximate surface area is 113 Å². The minimum Gasteiger partial charge on any atom is -0.442 e. The first-order valence-corrected chi connectivity index (χ1v) is 8.16. The number of hydrogen-bond acceptors (Lipinski definition) is 4. The van der Waals surface area contributed by atoms with Crippen LogP contribution in [0.15, 0.2) is 9.99 Å². The maximum absolute atomic E-state index is 10.6. The standard InChI is InChI=1S/C13H19NO4S/c1-10-12(7-4-8-19(15,16)17)14-13(18-10)9-11-5-2-3-6-11/h9H,2-8H2,1H3,(H,15,16,17). The molecule has 106 valence electrons. The number of nitrogens with zero attached hydrogens (tertiary/aromatic N) is 1. The van der Waals surface area contributed by atoms with E-state index in [-0.39, 0.29) is 5.75 Å². The third-order valence-electron chi connectivity index (χ3n) is 3.30. The van der Waals surface area contributed by atoms with Gasteiger partial charge in [0.05, 0.1) is 11.4 Å². The van der Waals surface area contributed by atoms with Crippen molar-refractivity contribution in [3.63, 3.8) is 0 Å². The van der Waals surface area contributed by atoms with Gasteiger partial charge >= 0.3 is 0 Å². The van der Waals surface area contributed by atoms with Gasteiger partial charge in [-0.05, 0) is 51.5 Å². The lowest BCUT2D eigenvalue weighted by atomic mass is 10.2. The minimum atomic E-state index is -3.89. The van der Waals surface area contributed by atoms with Gasteiger partial charge in [0.1, 0.15) is 5.76 Å². The molecule has 0 atom stereocenters. The van der Waals surface area contributed by atoms with Crippen molar-refractivity contribution in [2.75, 3.05) is 5.75 Å². The fourth-order valence-corrected chi connectivity index (χ4v) is 2.82. The summed E-state index contributed by atoms with van der Waals surface area (Å²) >= 11 is 0. The summed E-state index contributed by atoms with van der Waals surface area (Å²) in [6, 6.07) is 0. The van der Waals surface area contributed by atoms with Crippen LogP contribution in [0.1, 0.15) is 49.4 Å². The van der Waals surface area contributed by atoms with E-state index < -0.39 is 10.1 Å². The molecule has 0 amide bonds. The number of hydrogen-bond donors (Lipinski definition) is 1. The van der Waals surface area contributed by atoms with Crippen LogP contribution in [0.3, 0.4) is 0 Å².